The second kappa shape index (κ2) is 14.6. The molecule has 1 aliphatic heterocycles. The third-order valence-corrected chi connectivity index (χ3v) is 9.52. The summed E-state index contributed by atoms with van der Waals surface area (Å²) in [5, 5.41) is 17.0. The molecule has 1 saturated heterocycles. The number of carbonyl (C=O) groups is 2. The molecule has 15 heteroatoms. The highest BCUT2D eigenvalue weighted by molar-refractivity contribution is 7.17. The summed E-state index contributed by atoms with van der Waals surface area (Å²) in [5.41, 5.74) is 1.18. The molecular formula is C35H38ClFN8O4S. The first-order valence-electron chi connectivity index (χ1n) is 16.1. The van der Waals surface area contributed by atoms with Crippen LogP contribution in [0.15, 0.2) is 61.4 Å². The molecule has 4 aromatic rings. The fraction of sp³-hybridized carbons (Fsp3) is 0.343. The van der Waals surface area contributed by atoms with Gasteiger partial charge in [-0.25, -0.2) is 19.3 Å². The Morgan fingerprint density at radius 1 is 1.18 bits per heavy atom. The van der Waals surface area contributed by atoms with Crippen LogP contribution in [0.4, 0.5) is 32.5 Å². The number of pyridine rings is 2. The van der Waals surface area contributed by atoms with Crippen LogP contribution in [0.25, 0.3) is 11.3 Å². The molecule has 262 valence electrons. The first-order valence-corrected chi connectivity index (χ1v) is 17.3. The molecule has 2 fully saturated rings. The summed E-state index contributed by atoms with van der Waals surface area (Å²) in [6, 6.07) is 10.1. The average Bonchev–Trinajstić information content (AvgIpc) is 3.85. The lowest BCUT2D eigenvalue weighted by atomic mass is 10.1. The molecule has 1 aromatic carbocycles. The Labute approximate surface area is 298 Å². The lowest BCUT2D eigenvalue weighted by molar-refractivity contribution is -0.126. The summed E-state index contributed by atoms with van der Waals surface area (Å²) in [4.78, 5) is 45.7. The van der Waals surface area contributed by atoms with Crippen LogP contribution in [0, 0.1) is 5.82 Å². The SMILES string of the molecule is C=CC(=O)N1CCN(c2ncc(-c3ccc(OC)c(Nc4ncc(C(=O)Nc5c(F)cccc5Cl)s4)n3)cc2N(CC(C)(C)O)C2CC2)CC1. The Hall–Kier alpha value is -4.79. The molecule has 0 atom stereocenters. The molecule has 4 heterocycles. The number of methoxy groups -OCH3 is 1. The zero-order valence-electron chi connectivity index (χ0n) is 27.9. The number of carbonyl (C=O) groups excluding carboxylic acids is 2. The standard InChI is InChI=1S/C35H38ClFN8O4S/c1-5-29(46)43-13-15-44(16-14-43)32-26(45(22-9-10-22)20-35(2,3)48)17-21(18-38-32)25-11-12-27(49-4)31(40-25)42-34-39-19-28(50-34)33(47)41-30-23(36)7-6-8-24(30)37/h5-8,11-12,17-19,22,48H,1,9-10,13-16,20H2,2-4H3,(H,41,47)(H,39,40,42). The molecule has 12 nitrogen and oxygen atoms in total. The Balaban J connectivity index is 1.29. The van der Waals surface area contributed by atoms with Crippen LogP contribution in [0.1, 0.15) is 36.4 Å². The van der Waals surface area contributed by atoms with E-state index in [0.717, 1.165) is 41.2 Å². The topological polar surface area (TPSA) is 136 Å². The van der Waals surface area contributed by atoms with Gasteiger partial charge in [0.05, 0.1) is 41.0 Å². The van der Waals surface area contributed by atoms with E-state index in [-0.39, 0.29) is 27.5 Å². The van der Waals surface area contributed by atoms with E-state index < -0.39 is 17.3 Å². The minimum Gasteiger partial charge on any atom is -0.493 e. The molecule has 1 aliphatic carbocycles. The average molecular weight is 721 g/mol. The van der Waals surface area contributed by atoms with Crippen LogP contribution in [0.5, 0.6) is 5.75 Å². The molecule has 3 N–H and O–H groups in total. The van der Waals surface area contributed by atoms with Crippen molar-refractivity contribution in [1.82, 2.24) is 19.9 Å². The van der Waals surface area contributed by atoms with Gasteiger partial charge < -0.3 is 35.2 Å². The number of amides is 2. The van der Waals surface area contributed by atoms with E-state index in [0.29, 0.717) is 55.1 Å². The number of ether oxygens (including phenoxy) is 1. The number of hydrogen-bond donors (Lipinski definition) is 3. The van der Waals surface area contributed by atoms with Crippen molar-refractivity contribution in [3.63, 3.8) is 0 Å². The summed E-state index contributed by atoms with van der Waals surface area (Å²) < 4.78 is 19.8. The monoisotopic (exact) mass is 720 g/mol. The number of thiazole rings is 1. The molecular weight excluding hydrogens is 683 g/mol. The molecule has 2 aliphatic rings. The van der Waals surface area contributed by atoms with E-state index in [4.69, 9.17) is 26.3 Å². The van der Waals surface area contributed by atoms with Gasteiger partial charge in [-0.2, -0.15) is 0 Å². The van der Waals surface area contributed by atoms with Crippen LogP contribution in [-0.4, -0.2) is 88.2 Å². The van der Waals surface area contributed by atoms with Gasteiger partial charge in [0.1, 0.15) is 10.7 Å². The Kier molecular flexibility index (Phi) is 10.2. The smallest absolute Gasteiger partial charge is 0.267 e. The van der Waals surface area contributed by atoms with Gasteiger partial charge in [0.25, 0.3) is 5.91 Å². The number of aromatic nitrogens is 3. The maximum atomic E-state index is 14.3. The minimum absolute atomic E-state index is 0.0838. The summed E-state index contributed by atoms with van der Waals surface area (Å²) in [5.74, 6) is 0.310. The van der Waals surface area contributed by atoms with E-state index in [1.807, 2.05) is 12.1 Å². The van der Waals surface area contributed by atoms with Gasteiger partial charge in [0, 0.05) is 50.5 Å². The number of anilines is 5. The first-order chi connectivity index (χ1) is 23.9. The lowest BCUT2D eigenvalue weighted by Crippen LogP contribution is -2.49. The number of aliphatic hydroxyl groups is 1. The number of nitrogens with one attached hydrogen (secondary N) is 2. The second-order valence-corrected chi connectivity index (χ2v) is 14.1. The number of hydrogen-bond acceptors (Lipinski definition) is 11. The lowest BCUT2D eigenvalue weighted by Gasteiger charge is -2.38. The fourth-order valence-corrected chi connectivity index (χ4v) is 6.64. The molecule has 1 saturated carbocycles. The molecule has 0 radical (unpaired) electrons. The van der Waals surface area contributed by atoms with Crippen molar-refractivity contribution in [2.24, 2.45) is 0 Å². The number of piperazine rings is 1. The van der Waals surface area contributed by atoms with Crippen LogP contribution < -0.4 is 25.2 Å². The molecule has 6 rings (SSSR count). The highest BCUT2D eigenvalue weighted by Crippen LogP contribution is 2.40. The predicted octanol–water partition coefficient (Wildman–Crippen LogP) is 5.97. The van der Waals surface area contributed by atoms with Gasteiger partial charge in [0.2, 0.25) is 5.91 Å². The van der Waals surface area contributed by atoms with Gasteiger partial charge in [-0.1, -0.05) is 35.6 Å². The van der Waals surface area contributed by atoms with Crippen LogP contribution >= 0.6 is 22.9 Å². The van der Waals surface area contributed by atoms with E-state index >= 15 is 0 Å². The largest absolute Gasteiger partial charge is 0.493 e. The molecule has 2 amide bonds. The quantitative estimate of drug-likeness (QED) is 0.150. The number of benzene rings is 1. The maximum absolute atomic E-state index is 14.3. The van der Waals surface area contributed by atoms with Gasteiger partial charge in [0.15, 0.2) is 22.5 Å². The van der Waals surface area contributed by atoms with Crippen molar-refractivity contribution < 1.29 is 23.8 Å². The van der Waals surface area contributed by atoms with Crippen molar-refractivity contribution in [3.8, 4) is 17.0 Å². The third-order valence-electron chi connectivity index (χ3n) is 8.30. The fourth-order valence-electron chi connectivity index (χ4n) is 5.71. The van der Waals surface area contributed by atoms with E-state index in [1.165, 1.54) is 37.6 Å². The Bertz CT molecular complexity index is 1890. The first kappa shape index (κ1) is 35.1. The summed E-state index contributed by atoms with van der Waals surface area (Å²) >= 11 is 7.13. The van der Waals surface area contributed by atoms with Crippen molar-refractivity contribution in [2.75, 3.05) is 60.3 Å². The summed E-state index contributed by atoms with van der Waals surface area (Å²) in [7, 11) is 1.53. The van der Waals surface area contributed by atoms with Gasteiger partial charge >= 0.3 is 0 Å². The van der Waals surface area contributed by atoms with Gasteiger partial charge in [-0.15, -0.1) is 0 Å². The third kappa shape index (κ3) is 7.98. The molecule has 3 aromatic heterocycles. The second-order valence-electron chi connectivity index (χ2n) is 12.7. The number of rotatable bonds is 12. The zero-order valence-corrected chi connectivity index (χ0v) is 29.5. The molecule has 0 unspecified atom stereocenters. The van der Waals surface area contributed by atoms with Crippen LogP contribution in [-0.2, 0) is 4.79 Å². The maximum Gasteiger partial charge on any atom is 0.267 e. The predicted molar refractivity (Wildman–Crippen MR) is 194 cm³/mol. The highest BCUT2D eigenvalue weighted by atomic mass is 35.5. The van der Waals surface area contributed by atoms with Crippen molar-refractivity contribution >= 4 is 62.9 Å². The molecule has 50 heavy (non-hydrogen) atoms. The normalized spacial score (nSPS) is 14.7. The zero-order chi connectivity index (χ0) is 35.6. The highest BCUT2D eigenvalue weighted by Gasteiger charge is 2.36. The van der Waals surface area contributed by atoms with Gasteiger partial charge in [-0.05, 0) is 63.1 Å². The summed E-state index contributed by atoms with van der Waals surface area (Å²) in [6.07, 6.45) is 6.51. The Morgan fingerprint density at radius 2 is 1.94 bits per heavy atom. The van der Waals surface area contributed by atoms with Crippen LogP contribution in [0.2, 0.25) is 5.02 Å². The summed E-state index contributed by atoms with van der Waals surface area (Å²) in [6.45, 7) is 9.94. The van der Waals surface area contributed by atoms with E-state index in [1.54, 1.807) is 31.0 Å². The minimum atomic E-state index is -0.953. The van der Waals surface area contributed by atoms with Crippen molar-refractivity contribution in [1.29, 1.82) is 0 Å². The van der Waals surface area contributed by atoms with Crippen molar-refractivity contribution in [2.45, 2.75) is 38.3 Å². The number of halogens is 2. The van der Waals surface area contributed by atoms with Crippen LogP contribution in [0.3, 0.4) is 0 Å². The van der Waals surface area contributed by atoms with E-state index in [2.05, 4.69) is 32.0 Å². The van der Waals surface area contributed by atoms with Gasteiger partial charge in [-0.3, -0.25) is 9.59 Å². The Morgan fingerprint density at radius 3 is 2.60 bits per heavy atom. The molecule has 0 bridgehead atoms. The van der Waals surface area contributed by atoms with E-state index in [9.17, 15) is 19.1 Å². The number of nitrogens with zero attached hydrogens (tertiary/aromatic N) is 6. The van der Waals surface area contributed by atoms with Crippen molar-refractivity contribution in [3.05, 3.63) is 77.2 Å². The molecule has 0 spiro atoms. The number of para-hydroxylation sites is 1.